The van der Waals surface area contributed by atoms with E-state index in [1.54, 1.807) is 30.1 Å². The highest BCUT2D eigenvalue weighted by Crippen LogP contribution is 2.20. The maximum absolute atomic E-state index is 12.0. The second-order valence-corrected chi connectivity index (χ2v) is 5.12. The van der Waals surface area contributed by atoms with E-state index in [0.29, 0.717) is 30.5 Å². The minimum Gasteiger partial charge on any atom is -0.399 e. The van der Waals surface area contributed by atoms with E-state index in [1.807, 2.05) is 0 Å². The fraction of sp³-hybridized carbons (Fsp3) is 0.462. The first-order valence-corrected chi connectivity index (χ1v) is 6.57. The second kappa shape index (κ2) is 6.12. The summed E-state index contributed by atoms with van der Waals surface area (Å²) >= 11 is 6.08. The number of halogens is 1. The summed E-state index contributed by atoms with van der Waals surface area (Å²) in [5, 5.41) is 3.53. The van der Waals surface area contributed by atoms with Gasteiger partial charge in [0.1, 0.15) is 0 Å². The largest absolute Gasteiger partial charge is 0.399 e. The summed E-state index contributed by atoms with van der Waals surface area (Å²) in [6.45, 7) is 1.71. The fourth-order valence-corrected chi connectivity index (χ4v) is 2.15. The SMILES string of the molecule is CN(Cc1cc(N)ccc1Cl)C(=O)NC1CCOC1. The number of nitrogens with zero attached hydrogens (tertiary/aromatic N) is 1. The van der Waals surface area contributed by atoms with Gasteiger partial charge in [-0.25, -0.2) is 4.79 Å². The van der Waals surface area contributed by atoms with Gasteiger partial charge >= 0.3 is 6.03 Å². The Morgan fingerprint density at radius 3 is 3.11 bits per heavy atom. The van der Waals surface area contributed by atoms with Gasteiger partial charge in [0.2, 0.25) is 0 Å². The predicted octanol–water partition coefficient (Wildman–Crippen LogP) is 1.85. The maximum Gasteiger partial charge on any atom is 0.317 e. The van der Waals surface area contributed by atoms with Gasteiger partial charge in [-0.1, -0.05) is 11.6 Å². The Morgan fingerprint density at radius 2 is 2.42 bits per heavy atom. The molecule has 0 radical (unpaired) electrons. The zero-order valence-corrected chi connectivity index (χ0v) is 11.6. The van der Waals surface area contributed by atoms with Gasteiger partial charge in [0.25, 0.3) is 0 Å². The van der Waals surface area contributed by atoms with Crippen molar-refractivity contribution >= 4 is 23.3 Å². The van der Waals surface area contributed by atoms with Crippen molar-refractivity contribution in [2.45, 2.75) is 19.0 Å². The van der Waals surface area contributed by atoms with Crippen LogP contribution in [-0.4, -0.2) is 37.2 Å². The molecule has 1 atom stereocenters. The van der Waals surface area contributed by atoms with Crippen molar-refractivity contribution in [2.24, 2.45) is 0 Å². The van der Waals surface area contributed by atoms with Crippen LogP contribution in [-0.2, 0) is 11.3 Å². The van der Waals surface area contributed by atoms with Crippen molar-refractivity contribution in [3.05, 3.63) is 28.8 Å². The van der Waals surface area contributed by atoms with E-state index >= 15 is 0 Å². The summed E-state index contributed by atoms with van der Waals surface area (Å²) in [6.07, 6.45) is 0.860. The Labute approximate surface area is 117 Å². The number of hydrogen-bond acceptors (Lipinski definition) is 3. The molecule has 0 spiro atoms. The van der Waals surface area contributed by atoms with Gasteiger partial charge in [0.15, 0.2) is 0 Å². The van der Waals surface area contributed by atoms with Crippen LogP contribution in [0.15, 0.2) is 18.2 Å². The molecule has 1 saturated heterocycles. The first-order valence-electron chi connectivity index (χ1n) is 6.19. The zero-order valence-electron chi connectivity index (χ0n) is 10.9. The number of ether oxygens (including phenoxy) is 1. The van der Waals surface area contributed by atoms with Crippen LogP contribution in [0.4, 0.5) is 10.5 Å². The summed E-state index contributed by atoms with van der Waals surface area (Å²) in [7, 11) is 1.73. The first kappa shape index (κ1) is 14.0. The monoisotopic (exact) mass is 283 g/mol. The number of nitrogens with two attached hydrogens (primary N) is 1. The molecule has 2 rings (SSSR count). The van der Waals surface area contributed by atoms with Gasteiger partial charge in [0, 0.05) is 30.9 Å². The highest BCUT2D eigenvalue weighted by atomic mass is 35.5. The van der Waals surface area contributed by atoms with Crippen molar-refractivity contribution in [2.75, 3.05) is 26.0 Å². The average Bonchev–Trinajstić information content (AvgIpc) is 2.86. The second-order valence-electron chi connectivity index (χ2n) is 4.72. The van der Waals surface area contributed by atoms with Crippen LogP contribution >= 0.6 is 11.6 Å². The Morgan fingerprint density at radius 1 is 1.63 bits per heavy atom. The molecule has 5 nitrogen and oxygen atoms in total. The molecular formula is C13H18ClN3O2. The van der Waals surface area contributed by atoms with E-state index in [1.165, 1.54) is 0 Å². The highest BCUT2D eigenvalue weighted by molar-refractivity contribution is 6.31. The van der Waals surface area contributed by atoms with E-state index < -0.39 is 0 Å². The van der Waals surface area contributed by atoms with Crippen LogP contribution in [0.3, 0.4) is 0 Å². The number of urea groups is 1. The number of carbonyl (C=O) groups excluding carboxylic acids is 1. The third-order valence-electron chi connectivity index (χ3n) is 3.08. The van der Waals surface area contributed by atoms with Crippen LogP contribution < -0.4 is 11.1 Å². The topological polar surface area (TPSA) is 67.6 Å². The normalized spacial score (nSPS) is 18.3. The molecule has 2 amide bonds. The lowest BCUT2D eigenvalue weighted by Gasteiger charge is -2.21. The van der Waals surface area contributed by atoms with E-state index in [4.69, 9.17) is 22.1 Å². The molecule has 3 N–H and O–H groups in total. The van der Waals surface area contributed by atoms with Crippen LogP contribution in [0, 0.1) is 0 Å². The zero-order chi connectivity index (χ0) is 13.8. The lowest BCUT2D eigenvalue weighted by atomic mass is 10.2. The Balaban J connectivity index is 1.93. The Bertz CT molecular complexity index is 461. The quantitative estimate of drug-likeness (QED) is 0.832. The van der Waals surface area contributed by atoms with E-state index in [0.717, 1.165) is 12.0 Å². The summed E-state index contributed by atoms with van der Waals surface area (Å²) in [4.78, 5) is 13.6. The molecule has 0 saturated carbocycles. The maximum atomic E-state index is 12.0. The number of rotatable bonds is 3. The van der Waals surface area contributed by atoms with Crippen LogP contribution in [0.25, 0.3) is 0 Å². The van der Waals surface area contributed by atoms with Crippen LogP contribution in [0.5, 0.6) is 0 Å². The summed E-state index contributed by atoms with van der Waals surface area (Å²) in [5.74, 6) is 0. The number of hydrogen-bond donors (Lipinski definition) is 2. The molecule has 0 aromatic heterocycles. The molecule has 0 aliphatic carbocycles. The van der Waals surface area contributed by atoms with E-state index in [2.05, 4.69) is 5.32 Å². The number of benzene rings is 1. The van der Waals surface area contributed by atoms with Gasteiger partial charge < -0.3 is 20.7 Å². The van der Waals surface area contributed by atoms with Crippen LogP contribution in [0.2, 0.25) is 5.02 Å². The summed E-state index contributed by atoms with van der Waals surface area (Å²) < 4.78 is 5.22. The van der Waals surface area contributed by atoms with E-state index in [9.17, 15) is 4.79 Å². The van der Waals surface area contributed by atoms with Gasteiger partial charge in [-0.2, -0.15) is 0 Å². The molecular weight excluding hydrogens is 266 g/mol. The summed E-state index contributed by atoms with van der Waals surface area (Å²) in [6, 6.07) is 5.23. The lowest BCUT2D eigenvalue weighted by molar-refractivity contribution is 0.181. The Kier molecular flexibility index (Phi) is 4.50. The molecule has 6 heteroatoms. The molecule has 19 heavy (non-hydrogen) atoms. The standard InChI is InChI=1S/C13H18ClN3O2/c1-17(13(18)16-11-4-5-19-8-11)7-9-6-10(15)2-3-12(9)14/h2-3,6,11H,4-5,7-8,15H2,1H3,(H,16,18). The molecule has 1 heterocycles. The molecule has 1 fully saturated rings. The minimum absolute atomic E-state index is 0.103. The van der Waals surface area contributed by atoms with Crippen molar-refractivity contribution in [3.8, 4) is 0 Å². The average molecular weight is 284 g/mol. The van der Waals surface area contributed by atoms with Gasteiger partial charge in [-0.15, -0.1) is 0 Å². The highest BCUT2D eigenvalue weighted by Gasteiger charge is 2.20. The smallest absolute Gasteiger partial charge is 0.317 e. The first-order chi connectivity index (χ1) is 9.06. The summed E-state index contributed by atoms with van der Waals surface area (Å²) in [5.41, 5.74) is 7.19. The number of amides is 2. The minimum atomic E-state index is -0.131. The fourth-order valence-electron chi connectivity index (χ4n) is 1.98. The number of anilines is 1. The molecule has 1 aromatic rings. The molecule has 1 aliphatic heterocycles. The number of nitrogens with one attached hydrogen (secondary N) is 1. The molecule has 1 aliphatic rings. The molecule has 104 valence electrons. The van der Waals surface area contributed by atoms with Gasteiger partial charge in [0.05, 0.1) is 12.6 Å². The third-order valence-corrected chi connectivity index (χ3v) is 3.45. The third kappa shape index (κ3) is 3.75. The molecule has 1 aromatic carbocycles. The molecule has 1 unspecified atom stereocenters. The van der Waals surface area contributed by atoms with Crippen molar-refractivity contribution < 1.29 is 9.53 Å². The van der Waals surface area contributed by atoms with Gasteiger partial charge in [-0.05, 0) is 30.2 Å². The van der Waals surface area contributed by atoms with Crippen LogP contribution in [0.1, 0.15) is 12.0 Å². The van der Waals surface area contributed by atoms with Crippen molar-refractivity contribution in [3.63, 3.8) is 0 Å². The number of carbonyl (C=O) groups is 1. The van der Waals surface area contributed by atoms with E-state index in [-0.39, 0.29) is 12.1 Å². The van der Waals surface area contributed by atoms with Crippen molar-refractivity contribution in [1.29, 1.82) is 0 Å². The number of nitrogen functional groups attached to an aromatic ring is 1. The Hall–Kier alpha value is -1.46. The van der Waals surface area contributed by atoms with Crippen molar-refractivity contribution in [1.82, 2.24) is 10.2 Å². The predicted molar refractivity (Wildman–Crippen MR) is 75.1 cm³/mol. The lowest BCUT2D eigenvalue weighted by Crippen LogP contribution is -2.43. The van der Waals surface area contributed by atoms with Gasteiger partial charge in [-0.3, -0.25) is 0 Å². The molecule has 0 bridgehead atoms.